The van der Waals surface area contributed by atoms with Crippen LogP contribution in [-0.4, -0.2) is 31.1 Å². The summed E-state index contributed by atoms with van der Waals surface area (Å²) in [6.07, 6.45) is 1.46. The molecule has 0 bridgehead atoms. The molecule has 0 unspecified atom stereocenters. The van der Waals surface area contributed by atoms with Crippen LogP contribution in [-0.2, 0) is 21.5 Å². The van der Waals surface area contributed by atoms with Crippen molar-refractivity contribution in [3.63, 3.8) is 0 Å². The monoisotopic (exact) mass is 631 g/mol. The number of hydrogen-bond acceptors (Lipinski definition) is 7. The van der Waals surface area contributed by atoms with Crippen LogP contribution in [0.1, 0.15) is 18.1 Å². The molecule has 0 atom stereocenters. The van der Waals surface area contributed by atoms with Crippen molar-refractivity contribution in [2.45, 2.75) is 18.4 Å². The Bertz CT molecular complexity index is 1560. The van der Waals surface area contributed by atoms with Crippen LogP contribution in [0, 0.1) is 0 Å². The maximum absolute atomic E-state index is 13.0. The maximum atomic E-state index is 13.0. The lowest BCUT2D eigenvalue weighted by atomic mass is 10.1. The van der Waals surface area contributed by atoms with E-state index in [0.29, 0.717) is 26.2 Å². The second kappa shape index (κ2) is 11.8. The highest BCUT2D eigenvalue weighted by Crippen LogP contribution is 2.41. The highest BCUT2D eigenvalue weighted by Gasteiger charge is 2.35. The molecule has 1 fully saturated rings. The van der Waals surface area contributed by atoms with Crippen LogP contribution in [0.15, 0.2) is 64.4 Å². The zero-order valence-electron chi connectivity index (χ0n) is 19.4. The number of nitrogens with zero attached hydrogens (tertiary/aromatic N) is 1. The quantitative estimate of drug-likeness (QED) is 0.186. The highest BCUT2D eigenvalue weighted by molar-refractivity contribution is 8.18. The first-order chi connectivity index (χ1) is 18.0. The number of halogens is 4. The molecule has 1 saturated heterocycles. The second-order valence-electron chi connectivity index (χ2n) is 7.76. The average molecular weight is 633 g/mol. The van der Waals surface area contributed by atoms with Crippen LogP contribution < -0.4 is 8.92 Å². The van der Waals surface area contributed by atoms with Crippen molar-refractivity contribution in [2.75, 3.05) is 6.61 Å². The molecular formula is C25H17Cl4NO6S2. The Hall–Kier alpha value is -2.40. The van der Waals surface area contributed by atoms with Crippen LogP contribution in [0.2, 0.25) is 20.1 Å². The molecule has 0 radical (unpaired) electrons. The van der Waals surface area contributed by atoms with E-state index in [1.807, 2.05) is 0 Å². The number of ether oxygens (including phenoxy) is 1. The van der Waals surface area contributed by atoms with Crippen molar-refractivity contribution in [1.29, 1.82) is 0 Å². The zero-order chi connectivity index (χ0) is 27.6. The third-order valence-corrected chi connectivity index (χ3v) is 8.40. The highest BCUT2D eigenvalue weighted by atomic mass is 35.5. The number of imide groups is 1. The summed E-state index contributed by atoms with van der Waals surface area (Å²) in [5, 5.41) is 0.576. The summed E-state index contributed by atoms with van der Waals surface area (Å²) in [7, 11) is -4.26. The van der Waals surface area contributed by atoms with Gasteiger partial charge in [0, 0.05) is 15.1 Å². The average Bonchev–Trinajstić information content (AvgIpc) is 3.10. The van der Waals surface area contributed by atoms with E-state index in [4.69, 9.17) is 55.3 Å². The molecule has 3 aromatic rings. The number of benzene rings is 3. The third kappa shape index (κ3) is 6.42. The van der Waals surface area contributed by atoms with E-state index < -0.39 is 21.3 Å². The fourth-order valence-electron chi connectivity index (χ4n) is 3.38. The van der Waals surface area contributed by atoms with E-state index in [1.165, 1.54) is 48.5 Å². The zero-order valence-corrected chi connectivity index (χ0v) is 24.1. The van der Waals surface area contributed by atoms with Gasteiger partial charge < -0.3 is 8.92 Å². The van der Waals surface area contributed by atoms with Gasteiger partial charge in [0.2, 0.25) is 5.75 Å². The second-order valence-corrected chi connectivity index (χ2v) is 12.0. The Balaban J connectivity index is 1.62. The largest absolute Gasteiger partial charge is 0.490 e. The van der Waals surface area contributed by atoms with E-state index in [9.17, 15) is 18.0 Å². The summed E-state index contributed by atoms with van der Waals surface area (Å²) in [5.74, 6) is -0.701. The summed E-state index contributed by atoms with van der Waals surface area (Å²) in [6, 6.07) is 13.1. The number of amides is 2. The molecule has 0 aliphatic carbocycles. The topological polar surface area (TPSA) is 90.0 Å². The fraction of sp³-hybridized carbons (Fsp3) is 0.120. The van der Waals surface area contributed by atoms with E-state index in [-0.39, 0.29) is 39.5 Å². The summed E-state index contributed by atoms with van der Waals surface area (Å²) in [5.41, 5.74) is 0.953. The lowest BCUT2D eigenvalue weighted by molar-refractivity contribution is -0.123. The van der Waals surface area contributed by atoms with Crippen molar-refractivity contribution in [3.8, 4) is 11.5 Å². The molecule has 7 nitrogen and oxygen atoms in total. The molecule has 0 N–H and O–H groups in total. The molecule has 13 heteroatoms. The Morgan fingerprint density at radius 1 is 0.921 bits per heavy atom. The predicted molar refractivity (Wildman–Crippen MR) is 150 cm³/mol. The van der Waals surface area contributed by atoms with Crippen molar-refractivity contribution in [2.24, 2.45) is 0 Å². The van der Waals surface area contributed by atoms with Crippen molar-refractivity contribution in [3.05, 3.63) is 90.7 Å². The van der Waals surface area contributed by atoms with Gasteiger partial charge in [0.25, 0.3) is 11.1 Å². The number of thioether (sulfide) groups is 1. The summed E-state index contributed by atoms with van der Waals surface area (Å²) >= 11 is 25.1. The molecule has 1 aliphatic heterocycles. The van der Waals surface area contributed by atoms with Gasteiger partial charge in [0.1, 0.15) is 4.90 Å². The molecule has 0 spiro atoms. The van der Waals surface area contributed by atoms with E-state index >= 15 is 0 Å². The minimum Gasteiger partial charge on any atom is -0.490 e. The molecular weight excluding hydrogens is 616 g/mol. The lowest BCUT2D eigenvalue weighted by Gasteiger charge is -2.15. The van der Waals surface area contributed by atoms with Crippen molar-refractivity contribution < 1.29 is 26.9 Å². The first-order valence-corrected chi connectivity index (χ1v) is 14.6. The molecule has 198 valence electrons. The summed E-state index contributed by atoms with van der Waals surface area (Å²) in [4.78, 5) is 26.7. The molecule has 4 rings (SSSR count). The van der Waals surface area contributed by atoms with Gasteiger partial charge in [-0.15, -0.1) is 0 Å². The molecule has 1 aliphatic rings. The van der Waals surface area contributed by atoms with Gasteiger partial charge in [0.15, 0.2) is 5.75 Å². The van der Waals surface area contributed by atoms with Crippen LogP contribution in [0.5, 0.6) is 11.5 Å². The van der Waals surface area contributed by atoms with Gasteiger partial charge in [0.05, 0.1) is 23.1 Å². The Morgan fingerprint density at radius 2 is 1.61 bits per heavy atom. The van der Waals surface area contributed by atoms with Gasteiger partial charge in [-0.05, 0) is 84.4 Å². The third-order valence-electron chi connectivity index (χ3n) is 5.14. The Kier molecular flexibility index (Phi) is 8.86. The normalized spacial score (nSPS) is 14.9. The van der Waals surface area contributed by atoms with E-state index in [0.717, 1.165) is 16.7 Å². The van der Waals surface area contributed by atoms with Gasteiger partial charge in [-0.3, -0.25) is 14.5 Å². The van der Waals surface area contributed by atoms with Gasteiger partial charge >= 0.3 is 10.1 Å². The first kappa shape index (κ1) is 28.6. The van der Waals surface area contributed by atoms with Gasteiger partial charge in [-0.1, -0.05) is 52.5 Å². The summed E-state index contributed by atoms with van der Waals surface area (Å²) in [6.45, 7) is 1.85. The molecule has 3 aromatic carbocycles. The van der Waals surface area contributed by atoms with Crippen molar-refractivity contribution >= 4 is 85.5 Å². The standard InChI is InChI=1S/C25H17Cl4NO6S2/c1-2-35-21-10-14(9-20(29)23(21)36-38(33,34)18-7-5-16(26)6-8-18)11-22-24(31)30(25(32)37-22)13-15-3-4-17(27)12-19(15)28/h3-12H,2,13H2,1H3/b22-11-. The minimum absolute atomic E-state index is 0.0295. The van der Waals surface area contributed by atoms with E-state index in [1.54, 1.807) is 19.1 Å². The fourth-order valence-corrected chi connectivity index (χ4v) is 6.08. The number of rotatable bonds is 8. The van der Waals surface area contributed by atoms with Crippen LogP contribution in [0.3, 0.4) is 0 Å². The number of carbonyl (C=O) groups is 2. The summed E-state index contributed by atoms with van der Waals surface area (Å²) < 4.78 is 36.5. The maximum Gasteiger partial charge on any atom is 0.339 e. The molecule has 0 saturated carbocycles. The first-order valence-electron chi connectivity index (χ1n) is 10.8. The smallest absolute Gasteiger partial charge is 0.339 e. The molecule has 2 amide bonds. The lowest BCUT2D eigenvalue weighted by Crippen LogP contribution is -2.27. The van der Waals surface area contributed by atoms with Crippen LogP contribution in [0.25, 0.3) is 6.08 Å². The van der Waals surface area contributed by atoms with E-state index in [2.05, 4.69) is 0 Å². The van der Waals surface area contributed by atoms with Crippen molar-refractivity contribution in [1.82, 2.24) is 4.90 Å². The Labute approximate surface area is 243 Å². The SMILES string of the molecule is CCOc1cc(/C=C2\SC(=O)N(Cc3ccc(Cl)cc3Cl)C2=O)cc(Cl)c1OS(=O)(=O)c1ccc(Cl)cc1. The Morgan fingerprint density at radius 3 is 2.26 bits per heavy atom. The van der Waals surface area contributed by atoms with Gasteiger partial charge in [-0.2, -0.15) is 8.42 Å². The van der Waals surface area contributed by atoms with Crippen LogP contribution in [0.4, 0.5) is 4.79 Å². The molecule has 0 aromatic heterocycles. The van der Waals surface area contributed by atoms with Gasteiger partial charge in [-0.25, -0.2) is 0 Å². The number of hydrogen-bond donors (Lipinski definition) is 0. The minimum atomic E-state index is -4.26. The number of carbonyl (C=O) groups excluding carboxylic acids is 2. The van der Waals surface area contributed by atoms with Crippen LogP contribution >= 0.6 is 58.2 Å². The molecule has 38 heavy (non-hydrogen) atoms. The molecule has 1 heterocycles. The predicted octanol–water partition coefficient (Wildman–Crippen LogP) is 7.70.